The number of hydrogen-bond acceptors (Lipinski definition) is 4. The molecule has 3 rings (SSSR count). The Hall–Kier alpha value is -2.38. The second-order valence-electron chi connectivity index (χ2n) is 7.07. The standard InChI is InChI=1S/C16H23N5O3/c1-11-7-17-19(8-11)9-12-5-4-6-20(12)13(22)10-21-14(23)16(2,3)18-15(21)24/h7-8,12H,4-6,9-10H2,1-3H3,(H,18,24). The number of carbonyl (C=O) groups excluding carboxylic acids is 3. The molecule has 8 nitrogen and oxygen atoms in total. The lowest BCUT2D eigenvalue weighted by molar-refractivity contribution is -0.139. The van der Waals surface area contributed by atoms with Crippen LogP contribution in [0.15, 0.2) is 12.4 Å². The first-order chi connectivity index (χ1) is 11.3. The predicted octanol–water partition coefficient (Wildman–Crippen LogP) is 0.513. The van der Waals surface area contributed by atoms with Gasteiger partial charge in [-0.05, 0) is 39.2 Å². The average Bonchev–Trinajstić information content (AvgIpc) is 3.16. The molecule has 0 aromatic carbocycles. The Kier molecular flexibility index (Phi) is 4.06. The lowest BCUT2D eigenvalue weighted by Gasteiger charge is -2.26. The van der Waals surface area contributed by atoms with Crippen molar-refractivity contribution in [1.82, 2.24) is 24.9 Å². The molecule has 1 aromatic heterocycles. The molecule has 0 saturated carbocycles. The van der Waals surface area contributed by atoms with E-state index in [0.717, 1.165) is 23.3 Å². The van der Waals surface area contributed by atoms with E-state index in [-0.39, 0.29) is 24.4 Å². The van der Waals surface area contributed by atoms with Crippen LogP contribution < -0.4 is 5.32 Å². The highest BCUT2D eigenvalue weighted by Crippen LogP contribution is 2.21. The van der Waals surface area contributed by atoms with E-state index >= 15 is 0 Å². The fourth-order valence-corrected chi connectivity index (χ4v) is 3.32. The number of hydrogen-bond donors (Lipinski definition) is 1. The van der Waals surface area contributed by atoms with Gasteiger partial charge in [-0.2, -0.15) is 5.10 Å². The number of rotatable bonds is 4. The molecule has 0 radical (unpaired) electrons. The van der Waals surface area contributed by atoms with E-state index in [1.165, 1.54) is 0 Å². The SMILES string of the molecule is Cc1cnn(CC2CCCN2C(=O)CN2C(=O)NC(C)(C)C2=O)c1. The van der Waals surface area contributed by atoms with Gasteiger partial charge in [0.25, 0.3) is 5.91 Å². The summed E-state index contributed by atoms with van der Waals surface area (Å²) in [6.07, 6.45) is 5.55. The molecule has 2 fully saturated rings. The third-order valence-electron chi connectivity index (χ3n) is 4.60. The van der Waals surface area contributed by atoms with Crippen molar-refractivity contribution in [3.8, 4) is 0 Å². The van der Waals surface area contributed by atoms with Gasteiger partial charge in [-0.1, -0.05) is 0 Å². The van der Waals surface area contributed by atoms with Crippen molar-refractivity contribution in [1.29, 1.82) is 0 Å². The third kappa shape index (κ3) is 3.00. The molecule has 8 heteroatoms. The summed E-state index contributed by atoms with van der Waals surface area (Å²) >= 11 is 0. The first kappa shape index (κ1) is 16.5. The molecule has 3 heterocycles. The molecule has 24 heavy (non-hydrogen) atoms. The summed E-state index contributed by atoms with van der Waals surface area (Å²) in [5, 5.41) is 6.86. The van der Waals surface area contributed by atoms with E-state index < -0.39 is 11.6 Å². The number of aromatic nitrogens is 2. The fourth-order valence-electron chi connectivity index (χ4n) is 3.32. The van der Waals surface area contributed by atoms with Crippen molar-refractivity contribution in [2.24, 2.45) is 0 Å². The molecule has 0 spiro atoms. The molecule has 2 aliphatic rings. The van der Waals surface area contributed by atoms with Gasteiger partial charge in [0.05, 0.1) is 18.8 Å². The van der Waals surface area contributed by atoms with Crippen molar-refractivity contribution >= 4 is 17.8 Å². The van der Waals surface area contributed by atoms with Crippen LogP contribution >= 0.6 is 0 Å². The van der Waals surface area contributed by atoms with E-state index in [0.29, 0.717) is 13.1 Å². The minimum absolute atomic E-state index is 0.0468. The molecular weight excluding hydrogens is 310 g/mol. The average molecular weight is 333 g/mol. The minimum atomic E-state index is -0.950. The molecule has 0 bridgehead atoms. The molecule has 4 amide bonds. The summed E-state index contributed by atoms with van der Waals surface area (Å²) in [5.74, 6) is -0.554. The van der Waals surface area contributed by atoms with E-state index in [9.17, 15) is 14.4 Å². The van der Waals surface area contributed by atoms with Gasteiger partial charge >= 0.3 is 6.03 Å². The van der Waals surface area contributed by atoms with Crippen LogP contribution in [0.2, 0.25) is 0 Å². The highest BCUT2D eigenvalue weighted by Gasteiger charge is 2.45. The number of aryl methyl sites for hydroxylation is 1. The number of nitrogens with one attached hydrogen (secondary N) is 1. The largest absolute Gasteiger partial charge is 0.336 e. The summed E-state index contributed by atoms with van der Waals surface area (Å²) in [6.45, 7) is 6.32. The van der Waals surface area contributed by atoms with Gasteiger partial charge in [-0.3, -0.25) is 19.2 Å². The normalized spacial score (nSPS) is 23.0. The fraction of sp³-hybridized carbons (Fsp3) is 0.625. The van der Waals surface area contributed by atoms with Crippen LogP contribution in [-0.4, -0.2) is 62.1 Å². The van der Waals surface area contributed by atoms with Crippen molar-refractivity contribution in [3.05, 3.63) is 18.0 Å². The van der Waals surface area contributed by atoms with Gasteiger partial charge in [0, 0.05) is 12.7 Å². The lowest BCUT2D eigenvalue weighted by atomic mass is 10.1. The second-order valence-corrected chi connectivity index (χ2v) is 7.07. The molecule has 2 aliphatic heterocycles. The zero-order chi connectivity index (χ0) is 17.5. The quantitative estimate of drug-likeness (QED) is 0.814. The van der Waals surface area contributed by atoms with E-state index in [4.69, 9.17) is 0 Å². The summed E-state index contributed by atoms with van der Waals surface area (Å²) < 4.78 is 1.84. The topological polar surface area (TPSA) is 87.5 Å². The number of likely N-dealkylation sites (tertiary alicyclic amines) is 1. The van der Waals surface area contributed by atoms with Gasteiger partial charge in [0.2, 0.25) is 5.91 Å². The zero-order valence-electron chi connectivity index (χ0n) is 14.3. The maximum atomic E-state index is 12.6. The molecule has 130 valence electrons. The van der Waals surface area contributed by atoms with Gasteiger partial charge in [0.15, 0.2) is 0 Å². The number of urea groups is 1. The summed E-state index contributed by atoms with van der Waals surface area (Å²) in [5.41, 5.74) is 0.126. The van der Waals surface area contributed by atoms with Crippen LogP contribution in [-0.2, 0) is 16.1 Å². The van der Waals surface area contributed by atoms with Crippen molar-refractivity contribution < 1.29 is 14.4 Å². The van der Waals surface area contributed by atoms with E-state index in [1.54, 1.807) is 24.9 Å². The van der Waals surface area contributed by atoms with Crippen LogP contribution in [0.5, 0.6) is 0 Å². The smallest absolute Gasteiger partial charge is 0.325 e. The second kappa shape index (κ2) is 5.92. The monoisotopic (exact) mass is 333 g/mol. The Morgan fingerprint density at radius 1 is 1.42 bits per heavy atom. The summed E-state index contributed by atoms with van der Waals surface area (Å²) in [4.78, 5) is 39.6. The Morgan fingerprint density at radius 3 is 2.75 bits per heavy atom. The maximum Gasteiger partial charge on any atom is 0.325 e. The highest BCUT2D eigenvalue weighted by atomic mass is 16.2. The molecule has 1 atom stereocenters. The van der Waals surface area contributed by atoms with Crippen LogP contribution in [0.3, 0.4) is 0 Å². The van der Waals surface area contributed by atoms with Gasteiger partial charge in [0.1, 0.15) is 12.1 Å². The molecule has 2 saturated heterocycles. The minimum Gasteiger partial charge on any atom is -0.336 e. The Labute approximate surface area is 140 Å². The molecule has 1 aromatic rings. The Morgan fingerprint density at radius 2 is 2.17 bits per heavy atom. The molecule has 1 N–H and O–H groups in total. The third-order valence-corrected chi connectivity index (χ3v) is 4.60. The predicted molar refractivity (Wildman–Crippen MR) is 86.0 cm³/mol. The van der Waals surface area contributed by atoms with Crippen LogP contribution in [0.4, 0.5) is 4.79 Å². The van der Waals surface area contributed by atoms with Gasteiger partial charge < -0.3 is 10.2 Å². The summed E-state index contributed by atoms with van der Waals surface area (Å²) in [6, 6.07) is -0.456. The Balaban J connectivity index is 1.66. The first-order valence-electron chi connectivity index (χ1n) is 8.20. The van der Waals surface area contributed by atoms with Crippen molar-refractivity contribution in [3.63, 3.8) is 0 Å². The lowest BCUT2D eigenvalue weighted by Crippen LogP contribution is -2.46. The summed E-state index contributed by atoms with van der Waals surface area (Å²) in [7, 11) is 0. The van der Waals surface area contributed by atoms with Crippen LogP contribution in [0.1, 0.15) is 32.3 Å². The van der Waals surface area contributed by atoms with Gasteiger partial charge in [-0.25, -0.2) is 4.79 Å². The van der Waals surface area contributed by atoms with E-state index in [1.807, 2.05) is 17.8 Å². The van der Waals surface area contributed by atoms with E-state index in [2.05, 4.69) is 10.4 Å². The number of carbonyl (C=O) groups is 3. The number of amides is 4. The van der Waals surface area contributed by atoms with Gasteiger partial charge in [-0.15, -0.1) is 0 Å². The molecule has 0 aliphatic carbocycles. The highest BCUT2D eigenvalue weighted by molar-refractivity contribution is 6.08. The molecule has 1 unspecified atom stereocenters. The first-order valence-corrected chi connectivity index (χ1v) is 8.20. The number of imide groups is 1. The Bertz CT molecular complexity index is 681. The van der Waals surface area contributed by atoms with Crippen LogP contribution in [0.25, 0.3) is 0 Å². The zero-order valence-corrected chi connectivity index (χ0v) is 14.3. The van der Waals surface area contributed by atoms with Crippen LogP contribution in [0, 0.1) is 6.92 Å². The number of nitrogens with zero attached hydrogens (tertiary/aromatic N) is 4. The van der Waals surface area contributed by atoms with Crippen molar-refractivity contribution in [2.45, 2.75) is 51.7 Å². The van der Waals surface area contributed by atoms with Crippen molar-refractivity contribution in [2.75, 3.05) is 13.1 Å². The maximum absolute atomic E-state index is 12.6. The molecular formula is C16H23N5O3.